The number of hydrogen-bond donors (Lipinski definition) is 3. The number of hydrogen-bond acceptors (Lipinski definition) is 10. The molecule has 3 aliphatic heterocycles. The molecule has 3 saturated heterocycles. The van der Waals surface area contributed by atoms with Crippen LogP contribution in [0.2, 0.25) is 0 Å². The molecule has 2 saturated carbocycles. The van der Waals surface area contributed by atoms with Gasteiger partial charge in [0.05, 0.1) is 12.2 Å². The van der Waals surface area contributed by atoms with Crippen molar-refractivity contribution in [1.82, 2.24) is 0 Å². The minimum absolute atomic E-state index is 0.236. The molecule has 3 bridgehead atoms. The largest absolute Gasteiger partial charge is 0.455 e. The molecule has 252 valence electrons. The van der Waals surface area contributed by atoms with Crippen molar-refractivity contribution < 1.29 is 48.6 Å². The lowest BCUT2D eigenvalue weighted by Gasteiger charge is -2.61. The van der Waals surface area contributed by atoms with Gasteiger partial charge in [-0.15, -0.1) is 0 Å². The number of carbonyl (C=O) groups is 2. The van der Waals surface area contributed by atoms with E-state index in [0.717, 1.165) is 25.7 Å². The number of epoxide rings is 1. The fourth-order valence-corrected chi connectivity index (χ4v) is 9.30. The Morgan fingerprint density at radius 1 is 1.11 bits per heavy atom. The number of allylic oxidation sites excluding steroid dienone is 3. The predicted octanol–water partition coefficient (Wildman–Crippen LogP) is 3.55. The van der Waals surface area contributed by atoms with Crippen LogP contribution < -0.4 is 0 Å². The molecule has 6 aliphatic rings. The first kappa shape index (κ1) is 32.6. The molecular formula is C37H44O10. The van der Waals surface area contributed by atoms with Gasteiger partial charge in [-0.05, 0) is 37.8 Å². The molecule has 3 aliphatic carbocycles. The molecule has 47 heavy (non-hydrogen) atoms. The molecule has 0 amide bonds. The Labute approximate surface area is 274 Å². The van der Waals surface area contributed by atoms with Crippen molar-refractivity contribution in [1.29, 1.82) is 0 Å². The van der Waals surface area contributed by atoms with Crippen LogP contribution in [0.15, 0.2) is 78.4 Å². The molecule has 3 heterocycles. The monoisotopic (exact) mass is 648 g/mol. The highest BCUT2D eigenvalue weighted by atomic mass is 16.9. The van der Waals surface area contributed by atoms with Gasteiger partial charge in [-0.25, -0.2) is 4.79 Å². The average molecular weight is 649 g/mol. The molecule has 0 radical (unpaired) electrons. The van der Waals surface area contributed by atoms with Gasteiger partial charge < -0.3 is 39.0 Å². The molecule has 0 spiro atoms. The van der Waals surface area contributed by atoms with E-state index in [1.54, 1.807) is 38.1 Å². The molecule has 10 heteroatoms. The van der Waals surface area contributed by atoms with E-state index in [-0.39, 0.29) is 5.57 Å². The minimum Gasteiger partial charge on any atom is -0.455 e. The number of aliphatic hydroxyl groups excluding tert-OH is 2. The lowest BCUT2D eigenvalue weighted by atomic mass is 9.53. The van der Waals surface area contributed by atoms with Gasteiger partial charge in [0.25, 0.3) is 0 Å². The predicted molar refractivity (Wildman–Crippen MR) is 168 cm³/mol. The van der Waals surface area contributed by atoms with E-state index in [2.05, 4.69) is 13.5 Å². The molecule has 1 aromatic rings. The fraction of sp³-hybridized carbons (Fsp3) is 0.568. The van der Waals surface area contributed by atoms with Crippen molar-refractivity contribution in [2.24, 2.45) is 17.8 Å². The summed E-state index contributed by atoms with van der Waals surface area (Å²) < 4.78 is 33.3. The zero-order valence-corrected chi connectivity index (χ0v) is 27.3. The Morgan fingerprint density at radius 2 is 1.85 bits per heavy atom. The number of rotatable bonds is 10. The molecule has 1 aromatic carbocycles. The second-order valence-corrected chi connectivity index (χ2v) is 14.1. The maximum atomic E-state index is 13.8. The maximum Gasteiger partial charge on any atom is 0.331 e. The van der Waals surface area contributed by atoms with Crippen LogP contribution in [0.25, 0.3) is 0 Å². The zero-order chi connectivity index (χ0) is 33.6. The third kappa shape index (κ3) is 4.10. The summed E-state index contributed by atoms with van der Waals surface area (Å²) in [6.07, 6.45) is 7.98. The lowest BCUT2D eigenvalue weighted by Crippen LogP contribution is -2.76. The minimum atomic E-state index is -2.42. The fourth-order valence-electron chi connectivity index (χ4n) is 9.30. The summed E-state index contributed by atoms with van der Waals surface area (Å²) in [5.41, 5.74) is -5.84. The SMILES string of the molecule is C=C(C)C12OC3(c4ccccc4)OC1C1C4OC4(CO)C(O)C4(O)C(=O)C(C)=CC4C1(O3)C(C)C2OC(=O)/C=C/C=C/CCCCC. The standard InChI is InChI=1S/C37H44O10/c1-6-7-8-9-10-11-15-18-26(39)43-29-23(5)36-25-19-22(4)28(40)34(25,42)32(41)33(20-38)30(44-33)27(36)31-35(29,21(2)3)46-37(45-31,47-36)24-16-13-12-14-17-24/h10-19,23,25,27,29-32,38,41-42H,2,6-9,20H2,1,3-5H3/b11-10+,18-15+. The van der Waals surface area contributed by atoms with Gasteiger partial charge in [0.15, 0.2) is 17.0 Å². The quantitative estimate of drug-likeness (QED) is 0.0861. The number of ketones is 1. The molecular weight excluding hydrogens is 604 g/mol. The Kier molecular flexibility index (Phi) is 7.65. The molecule has 3 N–H and O–H groups in total. The van der Waals surface area contributed by atoms with E-state index >= 15 is 0 Å². The summed E-state index contributed by atoms with van der Waals surface area (Å²) in [6.45, 7) is 11.0. The average Bonchev–Trinajstić information content (AvgIpc) is 3.68. The highest BCUT2D eigenvalue weighted by molar-refractivity contribution is 6.05. The first-order valence-electron chi connectivity index (χ1n) is 16.7. The van der Waals surface area contributed by atoms with Crippen molar-refractivity contribution in [2.75, 3.05) is 6.61 Å². The van der Waals surface area contributed by atoms with Crippen molar-refractivity contribution in [3.8, 4) is 0 Å². The molecule has 12 atom stereocenters. The van der Waals surface area contributed by atoms with E-state index in [1.165, 1.54) is 6.08 Å². The topological polar surface area (TPSA) is 144 Å². The van der Waals surface area contributed by atoms with E-state index in [9.17, 15) is 24.9 Å². The van der Waals surface area contributed by atoms with Crippen molar-refractivity contribution in [2.45, 2.75) is 106 Å². The number of carbonyl (C=O) groups excluding carboxylic acids is 2. The van der Waals surface area contributed by atoms with Crippen molar-refractivity contribution >= 4 is 11.8 Å². The Bertz CT molecular complexity index is 1570. The van der Waals surface area contributed by atoms with E-state index in [1.807, 2.05) is 37.3 Å². The van der Waals surface area contributed by atoms with Crippen LogP contribution in [0.5, 0.6) is 0 Å². The van der Waals surface area contributed by atoms with Crippen molar-refractivity contribution in [3.63, 3.8) is 0 Å². The van der Waals surface area contributed by atoms with Gasteiger partial charge >= 0.3 is 11.9 Å². The van der Waals surface area contributed by atoms with Crippen molar-refractivity contribution in [3.05, 3.63) is 84.0 Å². The first-order valence-corrected chi connectivity index (χ1v) is 16.7. The highest BCUT2D eigenvalue weighted by Gasteiger charge is 2.90. The van der Waals surface area contributed by atoms with Gasteiger partial charge in [-0.3, -0.25) is 4.79 Å². The van der Waals surface area contributed by atoms with Crippen LogP contribution in [0.1, 0.15) is 58.9 Å². The summed E-state index contributed by atoms with van der Waals surface area (Å²) in [4.78, 5) is 27.4. The highest BCUT2D eigenvalue weighted by Crippen LogP contribution is 2.74. The van der Waals surface area contributed by atoms with Crippen LogP contribution in [-0.4, -0.2) is 80.5 Å². The molecule has 0 aromatic heterocycles. The van der Waals surface area contributed by atoms with Crippen LogP contribution in [0, 0.1) is 17.8 Å². The number of esters is 1. The second kappa shape index (κ2) is 11.0. The molecule has 10 nitrogen and oxygen atoms in total. The van der Waals surface area contributed by atoms with Gasteiger partial charge in [-0.2, -0.15) is 0 Å². The molecule has 12 unspecified atom stereocenters. The van der Waals surface area contributed by atoms with Crippen LogP contribution in [0.3, 0.4) is 0 Å². The van der Waals surface area contributed by atoms with Crippen LogP contribution in [0.4, 0.5) is 0 Å². The lowest BCUT2D eigenvalue weighted by molar-refractivity contribution is -0.440. The number of Topliss-reactive ketones (excluding diaryl/α,β-unsaturated/α-hetero) is 1. The molecule has 5 fully saturated rings. The number of benzene rings is 1. The number of unbranched alkanes of at least 4 members (excludes halogenated alkanes) is 3. The number of fused-ring (bicyclic) bond motifs is 3. The number of ether oxygens (including phenoxy) is 5. The van der Waals surface area contributed by atoms with Gasteiger partial charge in [-0.1, -0.05) is 87.9 Å². The van der Waals surface area contributed by atoms with E-state index in [0.29, 0.717) is 11.1 Å². The molecule has 7 rings (SSSR count). The van der Waals surface area contributed by atoms with Gasteiger partial charge in [0.1, 0.15) is 30.0 Å². The first-order chi connectivity index (χ1) is 22.4. The van der Waals surface area contributed by atoms with Gasteiger partial charge in [0.2, 0.25) is 0 Å². The van der Waals surface area contributed by atoms with Crippen LogP contribution in [-0.2, 0) is 39.2 Å². The summed E-state index contributed by atoms with van der Waals surface area (Å²) in [6, 6.07) is 9.04. The normalized spacial score (nSPS) is 45.8. The Morgan fingerprint density at radius 3 is 2.53 bits per heavy atom. The Hall–Kier alpha value is -2.96. The van der Waals surface area contributed by atoms with Gasteiger partial charge in [0, 0.05) is 29.4 Å². The van der Waals surface area contributed by atoms with E-state index in [4.69, 9.17) is 23.7 Å². The third-order valence-corrected chi connectivity index (χ3v) is 11.6. The zero-order valence-electron chi connectivity index (χ0n) is 27.3. The summed E-state index contributed by atoms with van der Waals surface area (Å²) in [7, 11) is 0. The summed E-state index contributed by atoms with van der Waals surface area (Å²) in [5, 5.41) is 34.9. The smallest absolute Gasteiger partial charge is 0.331 e. The maximum absolute atomic E-state index is 13.8. The second-order valence-electron chi connectivity index (χ2n) is 14.1. The van der Waals surface area contributed by atoms with E-state index < -0.39 is 88.9 Å². The van der Waals surface area contributed by atoms with Crippen LogP contribution >= 0.6 is 0 Å². The summed E-state index contributed by atoms with van der Waals surface area (Å²) >= 11 is 0. The third-order valence-electron chi connectivity index (χ3n) is 11.6. The number of aliphatic hydroxyl groups is 3. The summed E-state index contributed by atoms with van der Waals surface area (Å²) in [5.74, 6) is -5.86. The Balaban J connectivity index is 1.39.